The average molecular weight is 925 g/mol. The quantitative estimate of drug-likeness (QED) is 0.0885. The molecule has 16 heteroatoms. The summed E-state index contributed by atoms with van der Waals surface area (Å²) in [6.07, 6.45) is 0.580. The van der Waals surface area contributed by atoms with Crippen molar-refractivity contribution in [3.05, 3.63) is 11.6 Å². The highest BCUT2D eigenvalue weighted by atomic mass is 16.8. The fourth-order valence-electron chi connectivity index (χ4n) is 14.6. The van der Waals surface area contributed by atoms with Crippen LogP contribution in [0, 0.1) is 50.2 Å². The first-order valence-electron chi connectivity index (χ1n) is 23.9. The van der Waals surface area contributed by atoms with Gasteiger partial charge in [0.1, 0.15) is 57.0 Å². The first-order chi connectivity index (χ1) is 30.7. The Labute approximate surface area is 386 Å². The van der Waals surface area contributed by atoms with Crippen LogP contribution in [0.4, 0.5) is 0 Å². The largest absolute Gasteiger partial charge is 0.469 e. The Hall–Kier alpha value is -1.80. The zero-order valence-corrected chi connectivity index (χ0v) is 41.1. The smallest absolute Gasteiger partial charge is 0.337 e. The second-order valence-electron chi connectivity index (χ2n) is 22.3. The maximum Gasteiger partial charge on any atom is 0.337 e. The first-order valence-corrected chi connectivity index (χ1v) is 23.9. The fraction of sp³-hybridized carbons (Fsp3) is 0.918. The third kappa shape index (κ3) is 8.78. The molecule has 0 aromatic carbocycles. The number of carbonyl (C=O) groups excluding carboxylic acids is 2. The maximum atomic E-state index is 13.8. The Balaban J connectivity index is 1.19. The molecule has 0 bridgehead atoms. The van der Waals surface area contributed by atoms with E-state index in [0.717, 1.165) is 64.2 Å². The molecular formula is C49H80O16. The number of carbonyl (C=O) groups is 2. The van der Waals surface area contributed by atoms with Crippen molar-refractivity contribution in [3.8, 4) is 0 Å². The molecule has 6 fully saturated rings. The number of ether oxygens (including phenoxy) is 12. The molecule has 2 aliphatic heterocycles. The third-order valence-corrected chi connectivity index (χ3v) is 18.3. The van der Waals surface area contributed by atoms with E-state index in [4.69, 9.17) is 56.8 Å². The van der Waals surface area contributed by atoms with Crippen molar-refractivity contribution in [1.82, 2.24) is 0 Å². The molecule has 0 aromatic heterocycles. The molecule has 2 saturated heterocycles. The van der Waals surface area contributed by atoms with Gasteiger partial charge in [-0.3, -0.25) is 4.79 Å². The molecular weight excluding hydrogens is 845 g/mol. The van der Waals surface area contributed by atoms with Gasteiger partial charge in [0.25, 0.3) is 0 Å². The summed E-state index contributed by atoms with van der Waals surface area (Å²) in [7, 11) is 7.20. The van der Waals surface area contributed by atoms with Gasteiger partial charge in [0, 0.05) is 21.3 Å². The van der Waals surface area contributed by atoms with Gasteiger partial charge in [0.2, 0.25) is 0 Å². The number of allylic oxidation sites excluding steroid dienone is 2. The molecule has 0 aromatic rings. The lowest BCUT2D eigenvalue weighted by molar-refractivity contribution is -0.376. The Bertz CT molecular complexity index is 1700. The van der Waals surface area contributed by atoms with Crippen LogP contribution < -0.4 is 0 Å². The molecule has 7 rings (SSSR count). The molecule has 0 amide bonds. The van der Waals surface area contributed by atoms with Crippen molar-refractivity contribution >= 4 is 11.9 Å². The number of hydrogen-bond acceptors (Lipinski definition) is 16. The molecule has 2 heterocycles. The zero-order valence-electron chi connectivity index (χ0n) is 41.1. The highest BCUT2D eigenvalue weighted by Crippen LogP contribution is 2.76. The van der Waals surface area contributed by atoms with Gasteiger partial charge in [-0.15, -0.1) is 0 Å². The molecule has 0 spiro atoms. The van der Waals surface area contributed by atoms with E-state index in [1.807, 2.05) is 0 Å². The lowest BCUT2D eigenvalue weighted by Crippen LogP contribution is -2.67. The summed E-state index contributed by atoms with van der Waals surface area (Å²) in [5.74, 6) is 0.107. The maximum absolute atomic E-state index is 13.8. The molecule has 2 N–H and O–H groups in total. The van der Waals surface area contributed by atoms with E-state index in [2.05, 4.69) is 54.5 Å². The van der Waals surface area contributed by atoms with Gasteiger partial charge < -0.3 is 67.1 Å². The van der Waals surface area contributed by atoms with Gasteiger partial charge in [-0.05, 0) is 109 Å². The molecule has 4 saturated carbocycles. The van der Waals surface area contributed by atoms with Gasteiger partial charge in [-0.2, -0.15) is 0 Å². The molecule has 17 atom stereocenters. The summed E-state index contributed by atoms with van der Waals surface area (Å²) in [5, 5.41) is 21.5. The molecule has 16 nitrogen and oxygen atoms in total. The topological polar surface area (TPSA) is 185 Å². The summed E-state index contributed by atoms with van der Waals surface area (Å²) < 4.78 is 71.2. The first kappa shape index (κ1) is 51.1. The predicted molar refractivity (Wildman–Crippen MR) is 233 cm³/mol. The minimum Gasteiger partial charge on any atom is -0.469 e. The van der Waals surface area contributed by atoms with E-state index in [-0.39, 0.29) is 78.0 Å². The van der Waals surface area contributed by atoms with Crippen LogP contribution in [-0.4, -0.2) is 146 Å². The average Bonchev–Trinajstić information content (AvgIpc) is 3.27. The second kappa shape index (κ2) is 19.5. The molecule has 372 valence electrons. The summed E-state index contributed by atoms with van der Waals surface area (Å²) in [5.41, 5.74) is 0.779. The molecule has 0 radical (unpaired) electrons. The van der Waals surface area contributed by atoms with Gasteiger partial charge in [-0.1, -0.05) is 60.1 Å². The lowest BCUT2D eigenvalue weighted by Gasteiger charge is -2.71. The lowest BCUT2D eigenvalue weighted by atomic mass is 9.33. The summed E-state index contributed by atoms with van der Waals surface area (Å²) in [6, 6.07) is 0. The Morgan fingerprint density at radius 3 is 2.00 bits per heavy atom. The Kier molecular flexibility index (Phi) is 15.3. The van der Waals surface area contributed by atoms with E-state index in [1.165, 1.54) is 34.0 Å². The number of fused-ring (bicyclic) bond motifs is 7. The van der Waals surface area contributed by atoms with Crippen LogP contribution in [0.25, 0.3) is 0 Å². The van der Waals surface area contributed by atoms with E-state index in [9.17, 15) is 19.8 Å². The minimum absolute atomic E-state index is 0.0205. The van der Waals surface area contributed by atoms with Crippen molar-refractivity contribution < 1.29 is 76.6 Å². The van der Waals surface area contributed by atoms with Crippen LogP contribution in [0.15, 0.2) is 11.6 Å². The number of hydrogen-bond donors (Lipinski definition) is 2. The van der Waals surface area contributed by atoms with Crippen LogP contribution >= 0.6 is 0 Å². The monoisotopic (exact) mass is 925 g/mol. The number of aliphatic hydroxyl groups excluding tert-OH is 2. The fourth-order valence-corrected chi connectivity index (χ4v) is 14.6. The highest BCUT2D eigenvalue weighted by molar-refractivity contribution is 5.78. The van der Waals surface area contributed by atoms with Crippen molar-refractivity contribution in [2.75, 3.05) is 62.5 Å². The summed E-state index contributed by atoms with van der Waals surface area (Å²) in [6.45, 7) is 16.0. The van der Waals surface area contributed by atoms with Crippen LogP contribution in [0.1, 0.15) is 113 Å². The Morgan fingerprint density at radius 2 is 1.35 bits per heavy atom. The molecule has 7 aliphatic rings. The molecule has 5 aliphatic carbocycles. The van der Waals surface area contributed by atoms with E-state index in [0.29, 0.717) is 5.92 Å². The number of aliphatic hydroxyl groups is 2. The number of esters is 2. The van der Waals surface area contributed by atoms with Gasteiger partial charge in [-0.25, -0.2) is 4.79 Å². The van der Waals surface area contributed by atoms with Gasteiger partial charge in [0.15, 0.2) is 18.7 Å². The minimum atomic E-state index is -1.39. The van der Waals surface area contributed by atoms with Crippen LogP contribution in [0.3, 0.4) is 0 Å². The van der Waals surface area contributed by atoms with Gasteiger partial charge in [0.05, 0.1) is 32.3 Å². The number of rotatable bonds is 15. The second-order valence-corrected chi connectivity index (χ2v) is 22.3. The molecule has 65 heavy (non-hydrogen) atoms. The van der Waals surface area contributed by atoms with E-state index < -0.39 is 66.7 Å². The highest BCUT2D eigenvalue weighted by Gasteiger charge is 2.70. The SMILES string of the molecule is COCO[C@@H]1[C@H](O[C@@H]2[C@@H](OCOC)[C@H](O[C@H]3CC[C@@]4(C)C(CC[C@]5(C)[C@@H]4CC=C4[C@@H]6CC(C)(C)CC[C@]6(C(=O)OC)CC[C@]45C)C3(C)C)O[C@H](C(=O)OC)[C@H]2OCOC)OC[C@H](O)[C@@H]1O. The third-order valence-electron chi connectivity index (χ3n) is 18.3. The van der Waals surface area contributed by atoms with E-state index in [1.54, 1.807) is 7.11 Å². The summed E-state index contributed by atoms with van der Waals surface area (Å²) >= 11 is 0. The van der Waals surface area contributed by atoms with Crippen LogP contribution in [0.5, 0.6) is 0 Å². The van der Waals surface area contributed by atoms with Crippen LogP contribution in [-0.2, 0) is 66.4 Å². The van der Waals surface area contributed by atoms with Crippen molar-refractivity contribution in [1.29, 1.82) is 0 Å². The standard InChI is InChI=1S/C49H80O16/c1-44(2)19-21-49(43(53)58-12)22-20-47(6)28(29(49)23-44)13-14-32-46(5)17-16-33(45(3,4)31(46)15-18-48(32,47)7)63-42-39(62-27-56-10)37(36(61-26-55-9)38(65-42)40(52)57-11)64-41-35(60-25-54-8)34(51)30(50)24-59-41/h13,29-39,41-42,50-51H,14-27H2,1-12H3/t29-,30-,31?,32+,33-,34-,35-,36-,37-,38-,39+,41-,42+,46-,47+,48+,49-/m0/s1. The number of methoxy groups -OCH3 is 5. The van der Waals surface area contributed by atoms with Crippen molar-refractivity contribution in [2.45, 2.75) is 174 Å². The Morgan fingerprint density at radius 1 is 0.708 bits per heavy atom. The zero-order chi connectivity index (χ0) is 47.3. The van der Waals surface area contributed by atoms with E-state index >= 15 is 0 Å². The van der Waals surface area contributed by atoms with Crippen LogP contribution in [0.2, 0.25) is 0 Å². The molecule has 1 unspecified atom stereocenters. The normalized spacial score (nSPS) is 45.5. The van der Waals surface area contributed by atoms with Crippen molar-refractivity contribution in [2.24, 2.45) is 50.2 Å². The van der Waals surface area contributed by atoms with Gasteiger partial charge >= 0.3 is 11.9 Å². The summed E-state index contributed by atoms with van der Waals surface area (Å²) in [4.78, 5) is 27.4. The van der Waals surface area contributed by atoms with Crippen molar-refractivity contribution in [3.63, 3.8) is 0 Å². The predicted octanol–water partition coefficient (Wildman–Crippen LogP) is 5.67.